The molecule has 0 rings (SSSR count). The molecule has 0 aliphatic rings. The molecule has 1 amide bonds. The van der Waals surface area contributed by atoms with Crippen molar-refractivity contribution in [2.75, 3.05) is 6.61 Å². The molecule has 0 aromatic heterocycles. The van der Waals surface area contributed by atoms with E-state index in [0.29, 0.717) is 12.8 Å². The van der Waals surface area contributed by atoms with Gasteiger partial charge in [0.05, 0.1) is 18.8 Å². The van der Waals surface area contributed by atoms with Crippen molar-refractivity contribution in [3.8, 4) is 0 Å². The SMILES string of the molecule is CCCCCCCCCC/C=C\CCCCCCCCCCCCCCCCCCCC(=O)NC(CO)C(O)CCCCCCCCCCCCCCCCCCCCCCCCCC. The van der Waals surface area contributed by atoms with E-state index in [1.807, 2.05) is 0 Å². The highest BCUT2D eigenvalue weighted by molar-refractivity contribution is 5.76. The fourth-order valence-electron chi connectivity index (χ4n) is 9.89. The Kier molecular flexibility index (Phi) is 56.7. The van der Waals surface area contributed by atoms with Gasteiger partial charge in [-0.3, -0.25) is 4.79 Å². The third-order valence-electron chi connectivity index (χ3n) is 14.5. The van der Waals surface area contributed by atoms with E-state index in [4.69, 9.17) is 0 Å². The quantitative estimate of drug-likeness (QED) is 0.0421. The molecular formula is C61H121NO3. The molecule has 0 fully saturated rings. The molecule has 0 heterocycles. The van der Waals surface area contributed by atoms with Gasteiger partial charge in [-0.2, -0.15) is 0 Å². The second-order valence-electron chi connectivity index (χ2n) is 21.1. The fraction of sp³-hybridized carbons (Fsp3) is 0.951. The Morgan fingerprint density at radius 1 is 0.354 bits per heavy atom. The highest BCUT2D eigenvalue weighted by Gasteiger charge is 2.20. The van der Waals surface area contributed by atoms with Gasteiger partial charge in [0.15, 0.2) is 0 Å². The molecule has 388 valence electrons. The number of allylic oxidation sites excluding steroid dienone is 2. The molecule has 2 unspecified atom stereocenters. The van der Waals surface area contributed by atoms with E-state index in [-0.39, 0.29) is 12.5 Å². The van der Waals surface area contributed by atoms with E-state index >= 15 is 0 Å². The maximum atomic E-state index is 12.5. The summed E-state index contributed by atoms with van der Waals surface area (Å²) in [6, 6.07) is -0.534. The molecule has 0 aromatic rings. The molecule has 0 saturated heterocycles. The summed E-state index contributed by atoms with van der Waals surface area (Å²) >= 11 is 0. The lowest BCUT2D eigenvalue weighted by Crippen LogP contribution is -2.45. The van der Waals surface area contributed by atoms with Crippen molar-refractivity contribution in [2.24, 2.45) is 0 Å². The average molecular weight is 917 g/mol. The molecule has 0 radical (unpaired) electrons. The van der Waals surface area contributed by atoms with Crippen LogP contribution in [0.1, 0.15) is 354 Å². The van der Waals surface area contributed by atoms with Crippen LogP contribution in [0.3, 0.4) is 0 Å². The number of aliphatic hydroxyl groups excluding tert-OH is 2. The topological polar surface area (TPSA) is 69.6 Å². The normalized spacial score (nSPS) is 12.7. The van der Waals surface area contributed by atoms with Gasteiger partial charge in [-0.05, 0) is 38.5 Å². The molecule has 0 aromatic carbocycles. The second kappa shape index (κ2) is 57.4. The first-order valence-electron chi connectivity index (χ1n) is 30.4. The van der Waals surface area contributed by atoms with E-state index < -0.39 is 12.1 Å². The maximum Gasteiger partial charge on any atom is 0.220 e. The number of aliphatic hydroxyl groups is 2. The lowest BCUT2D eigenvalue weighted by molar-refractivity contribution is -0.123. The summed E-state index contributed by atoms with van der Waals surface area (Å²) in [6.07, 6.45) is 75.1. The van der Waals surface area contributed by atoms with Gasteiger partial charge < -0.3 is 15.5 Å². The van der Waals surface area contributed by atoms with Crippen molar-refractivity contribution in [2.45, 2.75) is 366 Å². The van der Waals surface area contributed by atoms with Gasteiger partial charge in [0.1, 0.15) is 0 Å². The zero-order valence-corrected chi connectivity index (χ0v) is 44.8. The van der Waals surface area contributed by atoms with Crippen molar-refractivity contribution in [3.63, 3.8) is 0 Å². The summed E-state index contributed by atoms with van der Waals surface area (Å²) in [5, 5.41) is 23.4. The van der Waals surface area contributed by atoms with Crippen LogP contribution in [-0.4, -0.2) is 34.9 Å². The summed E-state index contributed by atoms with van der Waals surface area (Å²) in [6.45, 7) is 4.40. The third kappa shape index (κ3) is 53.9. The van der Waals surface area contributed by atoms with E-state index in [2.05, 4.69) is 31.3 Å². The zero-order valence-electron chi connectivity index (χ0n) is 44.8. The van der Waals surface area contributed by atoms with Gasteiger partial charge in [0.25, 0.3) is 0 Å². The van der Waals surface area contributed by atoms with Gasteiger partial charge in [-0.1, -0.05) is 321 Å². The van der Waals surface area contributed by atoms with E-state index in [0.717, 1.165) is 25.7 Å². The van der Waals surface area contributed by atoms with Crippen molar-refractivity contribution >= 4 is 5.91 Å². The van der Waals surface area contributed by atoms with Crippen LogP contribution in [0, 0.1) is 0 Å². The molecule has 0 aliphatic carbocycles. The molecule has 0 aliphatic heterocycles. The minimum absolute atomic E-state index is 0.0228. The minimum atomic E-state index is -0.657. The van der Waals surface area contributed by atoms with E-state index in [9.17, 15) is 15.0 Å². The van der Waals surface area contributed by atoms with Crippen LogP contribution >= 0.6 is 0 Å². The predicted octanol–water partition coefficient (Wildman–Crippen LogP) is 20.1. The summed E-state index contributed by atoms with van der Waals surface area (Å²) in [5.74, 6) is -0.0228. The van der Waals surface area contributed by atoms with Crippen molar-refractivity contribution in [1.29, 1.82) is 0 Å². The molecule has 4 heteroatoms. The Hall–Kier alpha value is -0.870. The average Bonchev–Trinajstić information content (AvgIpc) is 3.31. The van der Waals surface area contributed by atoms with Crippen molar-refractivity contribution in [3.05, 3.63) is 12.2 Å². The smallest absolute Gasteiger partial charge is 0.220 e. The number of carbonyl (C=O) groups excluding carboxylic acids is 1. The maximum absolute atomic E-state index is 12.5. The summed E-state index contributed by atoms with van der Waals surface area (Å²) in [7, 11) is 0. The Morgan fingerprint density at radius 2 is 0.585 bits per heavy atom. The Labute approximate surface area is 409 Å². The first kappa shape index (κ1) is 64.1. The number of rotatable bonds is 57. The number of hydrogen-bond acceptors (Lipinski definition) is 3. The van der Waals surface area contributed by atoms with Crippen LogP contribution in [0.15, 0.2) is 12.2 Å². The zero-order chi connectivity index (χ0) is 47.0. The van der Waals surface area contributed by atoms with E-state index in [1.165, 1.54) is 302 Å². The van der Waals surface area contributed by atoms with Crippen LogP contribution in [0.2, 0.25) is 0 Å². The highest BCUT2D eigenvalue weighted by Crippen LogP contribution is 2.18. The second-order valence-corrected chi connectivity index (χ2v) is 21.1. The standard InChI is InChI=1S/C61H121NO3/c1-3-5-7-9-11-13-15-17-19-21-23-25-27-29-30-31-32-33-35-37-39-41-43-45-47-49-51-53-55-57-61(65)62-59(58-63)60(64)56-54-52-50-48-46-44-42-40-38-36-34-28-26-24-22-20-18-16-14-12-10-8-6-4-2/h21,23,59-60,63-64H,3-20,22,24-58H2,1-2H3,(H,62,65)/b23-21-. The monoisotopic (exact) mass is 916 g/mol. The van der Waals surface area contributed by atoms with E-state index in [1.54, 1.807) is 0 Å². The van der Waals surface area contributed by atoms with Crippen LogP contribution in [0.5, 0.6) is 0 Å². The lowest BCUT2D eigenvalue weighted by atomic mass is 10.0. The van der Waals surface area contributed by atoms with Crippen molar-refractivity contribution < 1.29 is 15.0 Å². The van der Waals surface area contributed by atoms with Crippen molar-refractivity contribution in [1.82, 2.24) is 5.32 Å². The van der Waals surface area contributed by atoms with Gasteiger partial charge in [-0.15, -0.1) is 0 Å². The largest absolute Gasteiger partial charge is 0.394 e. The van der Waals surface area contributed by atoms with Gasteiger partial charge in [-0.25, -0.2) is 0 Å². The van der Waals surface area contributed by atoms with Gasteiger partial charge >= 0.3 is 0 Å². The third-order valence-corrected chi connectivity index (χ3v) is 14.5. The van der Waals surface area contributed by atoms with Gasteiger partial charge in [0.2, 0.25) is 5.91 Å². The molecular weight excluding hydrogens is 795 g/mol. The first-order chi connectivity index (χ1) is 32.2. The number of amides is 1. The Balaban J connectivity index is 3.40. The summed E-state index contributed by atoms with van der Waals surface area (Å²) < 4.78 is 0. The fourth-order valence-corrected chi connectivity index (χ4v) is 9.89. The number of nitrogens with one attached hydrogen (secondary N) is 1. The van der Waals surface area contributed by atoms with Crippen LogP contribution in [0.25, 0.3) is 0 Å². The highest BCUT2D eigenvalue weighted by atomic mass is 16.3. The number of hydrogen-bond donors (Lipinski definition) is 3. The molecule has 0 spiro atoms. The number of unbranched alkanes of at least 4 members (excludes halogenated alkanes) is 48. The lowest BCUT2D eigenvalue weighted by Gasteiger charge is -2.22. The van der Waals surface area contributed by atoms with Crippen LogP contribution < -0.4 is 5.32 Å². The minimum Gasteiger partial charge on any atom is -0.394 e. The molecule has 0 saturated carbocycles. The van der Waals surface area contributed by atoms with Crippen LogP contribution in [-0.2, 0) is 4.79 Å². The molecule has 3 N–H and O–H groups in total. The Morgan fingerprint density at radius 3 is 0.846 bits per heavy atom. The molecule has 65 heavy (non-hydrogen) atoms. The molecule has 0 bridgehead atoms. The van der Waals surface area contributed by atoms with Crippen LogP contribution in [0.4, 0.5) is 0 Å². The predicted molar refractivity (Wildman–Crippen MR) is 290 cm³/mol. The summed E-state index contributed by atoms with van der Waals surface area (Å²) in [5.41, 5.74) is 0. The Bertz CT molecular complexity index is 905. The van der Waals surface area contributed by atoms with Gasteiger partial charge in [0, 0.05) is 6.42 Å². The number of carbonyl (C=O) groups is 1. The first-order valence-corrected chi connectivity index (χ1v) is 30.4. The summed E-state index contributed by atoms with van der Waals surface area (Å²) in [4.78, 5) is 12.5. The molecule has 4 nitrogen and oxygen atoms in total. The molecule has 2 atom stereocenters.